The molecule has 2 aromatic rings. The minimum Gasteiger partial charge on any atom is -0.338 e. The van der Waals surface area contributed by atoms with Gasteiger partial charge in [-0.15, -0.1) is 0 Å². The van der Waals surface area contributed by atoms with Crippen molar-refractivity contribution in [2.24, 2.45) is 5.92 Å². The predicted octanol–water partition coefficient (Wildman–Crippen LogP) is 3.12. The second kappa shape index (κ2) is 8.84. The van der Waals surface area contributed by atoms with Gasteiger partial charge in [0.05, 0.1) is 5.56 Å². The Morgan fingerprint density at radius 2 is 1.82 bits per heavy atom. The average Bonchev–Trinajstić information content (AvgIpc) is 3.28. The molecule has 3 fully saturated rings. The van der Waals surface area contributed by atoms with Crippen molar-refractivity contribution in [3.8, 4) is 0 Å². The quantitative estimate of drug-likeness (QED) is 0.781. The Labute approximate surface area is 192 Å². The molecule has 5 rings (SSSR count). The molecule has 8 heteroatoms. The molecule has 172 valence electrons. The zero-order valence-corrected chi connectivity index (χ0v) is 18.4. The lowest BCUT2D eigenvalue weighted by Crippen LogP contribution is -2.56. The molecule has 1 N–H and O–H groups in total. The van der Waals surface area contributed by atoms with E-state index in [4.69, 9.17) is 0 Å². The minimum absolute atomic E-state index is 0.0416. The van der Waals surface area contributed by atoms with Crippen molar-refractivity contribution in [3.05, 3.63) is 65.5 Å². The Morgan fingerprint density at radius 3 is 2.61 bits per heavy atom. The SMILES string of the molecule is O=C(c1ccccc1F)N1CC[C@H]2[C@H](CCCN2C(=O)c2cccc(N3CCNC3=O)c2)C1. The number of carbonyl (C=O) groups excluding carboxylic acids is 3. The Morgan fingerprint density at radius 1 is 0.970 bits per heavy atom. The van der Waals surface area contributed by atoms with E-state index in [1.54, 1.807) is 34.1 Å². The highest BCUT2D eigenvalue weighted by atomic mass is 19.1. The second-order valence-electron chi connectivity index (χ2n) is 8.92. The molecular formula is C25H27FN4O3. The summed E-state index contributed by atoms with van der Waals surface area (Å²) in [6, 6.07) is 13.2. The van der Waals surface area contributed by atoms with Crippen molar-refractivity contribution >= 4 is 23.5 Å². The molecule has 33 heavy (non-hydrogen) atoms. The number of nitrogens with zero attached hydrogens (tertiary/aromatic N) is 3. The Balaban J connectivity index is 1.31. The number of anilines is 1. The van der Waals surface area contributed by atoms with Crippen LogP contribution in [0.15, 0.2) is 48.5 Å². The third-order valence-corrected chi connectivity index (χ3v) is 6.98. The molecule has 0 unspecified atom stereocenters. The van der Waals surface area contributed by atoms with Crippen molar-refractivity contribution < 1.29 is 18.8 Å². The number of rotatable bonds is 3. The van der Waals surface area contributed by atoms with Crippen LogP contribution in [0.3, 0.4) is 0 Å². The van der Waals surface area contributed by atoms with Crippen LogP contribution in [0.4, 0.5) is 14.9 Å². The number of nitrogens with one attached hydrogen (secondary N) is 1. The first-order valence-electron chi connectivity index (χ1n) is 11.5. The van der Waals surface area contributed by atoms with Crippen LogP contribution in [0, 0.1) is 11.7 Å². The molecule has 0 spiro atoms. The van der Waals surface area contributed by atoms with Crippen LogP contribution in [0.2, 0.25) is 0 Å². The summed E-state index contributed by atoms with van der Waals surface area (Å²) in [5, 5.41) is 2.78. The maximum Gasteiger partial charge on any atom is 0.321 e. The number of fused-ring (bicyclic) bond motifs is 1. The van der Waals surface area contributed by atoms with Crippen molar-refractivity contribution in [2.45, 2.75) is 25.3 Å². The number of likely N-dealkylation sites (tertiary alicyclic amines) is 2. The van der Waals surface area contributed by atoms with E-state index in [1.807, 2.05) is 17.0 Å². The van der Waals surface area contributed by atoms with Crippen LogP contribution < -0.4 is 10.2 Å². The van der Waals surface area contributed by atoms with Gasteiger partial charge in [0.25, 0.3) is 11.8 Å². The molecule has 0 saturated carbocycles. The third kappa shape index (κ3) is 4.05. The predicted molar refractivity (Wildman–Crippen MR) is 122 cm³/mol. The Kier molecular flexibility index (Phi) is 5.74. The molecule has 3 saturated heterocycles. The lowest BCUT2D eigenvalue weighted by molar-refractivity contribution is 0.0196. The summed E-state index contributed by atoms with van der Waals surface area (Å²) in [7, 11) is 0. The molecule has 3 aliphatic rings. The summed E-state index contributed by atoms with van der Waals surface area (Å²) in [5.74, 6) is -0.664. The Bertz CT molecular complexity index is 1090. The number of hydrogen-bond acceptors (Lipinski definition) is 3. The van der Waals surface area contributed by atoms with E-state index in [-0.39, 0.29) is 35.4 Å². The van der Waals surface area contributed by atoms with Crippen LogP contribution in [0.5, 0.6) is 0 Å². The first-order chi connectivity index (χ1) is 16.0. The fraction of sp³-hybridized carbons (Fsp3) is 0.400. The highest BCUT2D eigenvalue weighted by molar-refractivity contribution is 5.99. The van der Waals surface area contributed by atoms with Gasteiger partial charge in [-0.2, -0.15) is 0 Å². The summed E-state index contributed by atoms with van der Waals surface area (Å²) in [4.78, 5) is 43.7. The summed E-state index contributed by atoms with van der Waals surface area (Å²) < 4.78 is 14.1. The summed E-state index contributed by atoms with van der Waals surface area (Å²) in [5.41, 5.74) is 1.38. The molecule has 2 aromatic carbocycles. The van der Waals surface area contributed by atoms with Gasteiger partial charge in [-0.3, -0.25) is 14.5 Å². The van der Waals surface area contributed by atoms with Gasteiger partial charge in [-0.25, -0.2) is 9.18 Å². The number of benzene rings is 2. The minimum atomic E-state index is -0.503. The molecule has 3 heterocycles. The van der Waals surface area contributed by atoms with Crippen LogP contribution >= 0.6 is 0 Å². The van der Waals surface area contributed by atoms with Crippen molar-refractivity contribution in [3.63, 3.8) is 0 Å². The van der Waals surface area contributed by atoms with E-state index in [0.29, 0.717) is 44.7 Å². The summed E-state index contributed by atoms with van der Waals surface area (Å²) in [6.45, 7) is 2.86. The molecule has 3 aliphatic heterocycles. The van der Waals surface area contributed by atoms with Crippen LogP contribution in [0.25, 0.3) is 0 Å². The number of halogens is 1. The lowest BCUT2D eigenvalue weighted by Gasteiger charge is -2.47. The van der Waals surface area contributed by atoms with Gasteiger partial charge in [0.2, 0.25) is 0 Å². The van der Waals surface area contributed by atoms with Crippen molar-refractivity contribution in [1.29, 1.82) is 0 Å². The number of urea groups is 1. The standard InChI is InChI=1S/C25H27FN4O3/c26-21-9-2-1-8-20(21)24(32)28-13-10-22-18(16-28)6-4-12-30(22)23(31)17-5-3-7-19(15-17)29-14-11-27-25(29)33/h1-3,5,7-9,15,18,22H,4,6,10-14,16H2,(H,27,33)/t18-,22+/m1/s1. The molecule has 0 aliphatic carbocycles. The van der Waals surface area contributed by atoms with Gasteiger partial charge < -0.3 is 15.1 Å². The molecule has 2 atom stereocenters. The van der Waals surface area contributed by atoms with Crippen molar-refractivity contribution in [2.75, 3.05) is 37.6 Å². The first kappa shape index (κ1) is 21.4. The second-order valence-corrected chi connectivity index (χ2v) is 8.92. The molecule has 0 radical (unpaired) electrons. The molecule has 7 nitrogen and oxygen atoms in total. The average molecular weight is 451 g/mol. The van der Waals surface area contributed by atoms with Crippen molar-refractivity contribution in [1.82, 2.24) is 15.1 Å². The fourth-order valence-electron chi connectivity index (χ4n) is 5.34. The van der Waals surface area contributed by atoms with E-state index in [9.17, 15) is 18.8 Å². The van der Waals surface area contributed by atoms with Crippen LogP contribution in [0.1, 0.15) is 40.0 Å². The number of carbonyl (C=O) groups is 3. The van der Waals surface area contributed by atoms with E-state index in [1.165, 1.54) is 12.1 Å². The molecular weight excluding hydrogens is 423 g/mol. The summed E-state index contributed by atoms with van der Waals surface area (Å²) >= 11 is 0. The number of hydrogen-bond donors (Lipinski definition) is 1. The Hall–Kier alpha value is -3.42. The molecule has 0 aromatic heterocycles. The normalized spacial score (nSPS) is 22.7. The largest absolute Gasteiger partial charge is 0.338 e. The zero-order chi connectivity index (χ0) is 22.9. The topological polar surface area (TPSA) is 73.0 Å². The first-order valence-corrected chi connectivity index (χ1v) is 11.5. The maximum absolute atomic E-state index is 14.1. The molecule has 4 amide bonds. The monoisotopic (exact) mass is 450 g/mol. The zero-order valence-electron chi connectivity index (χ0n) is 18.4. The van der Waals surface area contributed by atoms with Crippen LogP contribution in [-0.4, -0.2) is 66.4 Å². The van der Waals surface area contributed by atoms with E-state index < -0.39 is 5.82 Å². The van der Waals surface area contributed by atoms with Gasteiger partial charge in [-0.1, -0.05) is 18.2 Å². The number of piperidine rings is 2. The maximum atomic E-state index is 14.1. The lowest BCUT2D eigenvalue weighted by atomic mass is 9.83. The van der Waals surface area contributed by atoms with Gasteiger partial charge in [-0.05, 0) is 55.5 Å². The van der Waals surface area contributed by atoms with E-state index >= 15 is 0 Å². The van der Waals surface area contributed by atoms with Gasteiger partial charge >= 0.3 is 6.03 Å². The third-order valence-electron chi connectivity index (χ3n) is 6.98. The van der Waals surface area contributed by atoms with Gasteiger partial charge in [0, 0.05) is 50.0 Å². The fourth-order valence-corrected chi connectivity index (χ4v) is 5.34. The van der Waals surface area contributed by atoms with Gasteiger partial charge in [0.1, 0.15) is 5.82 Å². The number of amides is 4. The summed E-state index contributed by atoms with van der Waals surface area (Å²) in [6.07, 6.45) is 2.47. The molecule has 0 bridgehead atoms. The van der Waals surface area contributed by atoms with Crippen LogP contribution in [-0.2, 0) is 0 Å². The van der Waals surface area contributed by atoms with E-state index in [0.717, 1.165) is 18.5 Å². The highest BCUT2D eigenvalue weighted by Crippen LogP contribution is 2.33. The van der Waals surface area contributed by atoms with Gasteiger partial charge in [0.15, 0.2) is 0 Å². The highest BCUT2D eigenvalue weighted by Gasteiger charge is 2.40. The van der Waals surface area contributed by atoms with E-state index in [2.05, 4.69) is 5.32 Å². The smallest absolute Gasteiger partial charge is 0.321 e.